The fraction of sp³-hybridized carbons (Fsp3) is 0.400. The molecular formula is C10H13BrN4. The summed E-state index contributed by atoms with van der Waals surface area (Å²) in [5, 5.41) is 8.69. The van der Waals surface area contributed by atoms with Crippen LogP contribution in [0.4, 0.5) is 0 Å². The first-order chi connectivity index (χ1) is 7.13. The van der Waals surface area contributed by atoms with E-state index in [9.17, 15) is 0 Å². The highest BCUT2D eigenvalue weighted by atomic mass is 79.9. The number of hydrogen-bond donors (Lipinski definition) is 0. The number of aromatic nitrogens is 4. The minimum Gasteiger partial charge on any atom is -0.250 e. The maximum atomic E-state index is 4.41. The number of nitrogens with zero attached hydrogens (tertiary/aromatic N) is 4. The summed E-state index contributed by atoms with van der Waals surface area (Å²) in [6.45, 7) is 4.16. The Labute approximate surface area is 97.0 Å². The molecule has 0 unspecified atom stereocenters. The van der Waals surface area contributed by atoms with Gasteiger partial charge < -0.3 is 0 Å². The fourth-order valence-electron chi connectivity index (χ4n) is 1.81. The predicted octanol–water partition coefficient (Wildman–Crippen LogP) is 2.24. The summed E-state index contributed by atoms with van der Waals surface area (Å²) in [4.78, 5) is 0. The zero-order valence-corrected chi connectivity index (χ0v) is 10.6. The van der Waals surface area contributed by atoms with E-state index < -0.39 is 0 Å². The lowest BCUT2D eigenvalue weighted by molar-refractivity contribution is 0.691. The second-order valence-corrected chi connectivity index (χ2v) is 4.38. The van der Waals surface area contributed by atoms with E-state index in [1.807, 2.05) is 29.5 Å². The van der Waals surface area contributed by atoms with E-state index >= 15 is 0 Å². The Balaban J connectivity index is 2.61. The summed E-state index contributed by atoms with van der Waals surface area (Å²) in [6, 6.07) is 0. The lowest BCUT2D eigenvalue weighted by atomic mass is 10.2. The van der Waals surface area contributed by atoms with Crippen molar-refractivity contribution in [3.8, 4) is 5.82 Å². The fourth-order valence-corrected chi connectivity index (χ4v) is 2.09. The van der Waals surface area contributed by atoms with E-state index in [1.165, 1.54) is 5.56 Å². The summed E-state index contributed by atoms with van der Waals surface area (Å²) < 4.78 is 4.69. The minimum absolute atomic E-state index is 0.965. The number of hydrogen-bond acceptors (Lipinski definition) is 2. The molecule has 0 fully saturated rings. The van der Waals surface area contributed by atoms with Crippen molar-refractivity contribution in [3.05, 3.63) is 28.1 Å². The summed E-state index contributed by atoms with van der Waals surface area (Å²) in [5.74, 6) is 1.04. The van der Waals surface area contributed by atoms with Gasteiger partial charge in [0.25, 0.3) is 0 Å². The third-order valence-corrected chi connectivity index (χ3v) is 2.84. The lowest BCUT2D eigenvalue weighted by Crippen LogP contribution is -2.05. The van der Waals surface area contributed by atoms with Crippen molar-refractivity contribution in [3.63, 3.8) is 0 Å². The zero-order valence-electron chi connectivity index (χ0n) is 9.03. The van der Waals surface area contributed by atoms with Crippen molar-refractivity contribution in [2.24, 2.45) is 7.05 Å². The Morgan fingerprint density at radius 2 is 2.20 bits per heavy atom. The van der Waals surface area contributed by atoms with Crippen LogP contribution in [0.2, 0.25) is 0 Å². The number of aryl methyl sites for hydroxylation is 2. The van der Waals surface area contributed by atoms with Gasteiger partial charge in [-0.05, 0) is 29.3 Å². The molecule has 0 aromatic carbocycles. The molecule has 0 saturated heterocycles. The van der Waals surface area contributed by atoms with Crippen molar-refractivity contribution in [2.75, 3.05) is 0 Å². The second kappa shape index (κ2) is 3.81. The van der Waals surface area contributed by atoms with E-state index in [0.717, 1.165) is 22.4 Å². The number of rotatable bonds is 2. The molecule has 0 atom stereocenters. The maximum absolute atomic E-state index is 4.41. The Morgan fingerprint density at radius 3 is 2.73 bits per heavy atom. The van der Waals surface area contributed by atoms with Gasteiger partial charge in [0.15, 0.2) is 5.82 Å². The molecule has 15 heavy (non-hydrogen) atoms. The average Bonchev–Trinajstić information content (AvgIpc) is 2.70. The molecule has 2 aromatic rings. The van der Waals surface area contributed by atoms with Crippen LogP contribution in [-0.4, -0.2) is 19.6 Å². The Kier molecular flexibility index (Phi) is 2.65. The van der Waals surface area contributed by atoms with Crippen LogP contribution >= 0.6 is 15.9 Å². The molecule has 4 nitrogen and oxygen atoms in total. The van der Waals surface area contributed by atoms with Crippen molar-refractivity contribution >= 4 is 15.9 Å². The summed E-state index contributed by atoms with van der Waals surface area (Å²) >= 11 is 3.39. The molecule has 0 aliphatic carbocycles. The van der Waals surface area contributed by atoms with Crippen molar-refractivity contribution in [1.29, 1.82) is 0 Å². The molecule has 0 aliphatic rings. The zero-order chi connectivity index (χ0) is 11.0. The number of halogens is 1. The molecule has 0 saturated carbocycles. The summed E-state index contributed by atoms with van der Waals surface area (Å²) in [7, 11) is 1.94. The summed E-state index contributed by atoms with van der Waals surface area (Å²) in [5.41, 5.74) is 2.31. The van der Waals surface area contributed by atoms with Crippen LogP contribution in [0, 0.1) is 6.92 Å². The molecule has 0 N–H and O–H groups in total. The molecule has 0 radical (unpaired) electrons. The van der Waals surface area contributed by atoms with Gasteiger partial charge in [0, 0.05) is 18.8 Å². The average molecular weight is 269 g/mol. The van der Waals surface area contributed by atoms with Gasteiger partial charge in [0.2, 0.25) is 0 Å². The largest absolute Gasteiger partial charge is 0.250 e. The monoisotopic (exact) mass is 268 g/mol. The second-order valence-electron chi connectivity index (χ2n) is 3.47. The van der Waals surface area contributed by atoms with Gasteiger partial charge in [-0.1, -0.05) is 6.92 Å². The maximum Gasteiger partial charge on any atom is 0.155 e. The van der Waals surface area contributed by atoms with Crippen LogP contribution in [0.15, 0.2) is 16.9 Å². The van der Waals surface area contributed by atoms with Crippen LogP contribution in [0.3, 0.4) is 0 Å². The molecule has 0 aliphatic heterocycles. The topological polar surface area (TPSA) is 35.6 Å². The van der Waals surface area contributed by atoms with E-state index in [0.29, 0.717) is 0 Å². The molecule has 0 bridgehead atoms. The van der Waals surface area contributed by atoms with E-state index in [2.05, 4.69) is 33.1 Å². The first-order valence-corrected chi connectivity index (χ1v) is 5.65. The molecule has 2 aromatic heterocycles. The predicted molar refractivity (Wildman–Crippen MR) is 62.1 cm³/mol. The van der Waals surface area contributed by atoms with Crippen molar-refractivity contribution < 1.29 is 0 Å². The lowest BCUT2D eigenvalue weighted by Gasteiger charge is -2.04. The Morgan fingerprint density at radius 1 is 1.47 bits per heavy atom. The Bertz CT molecular complexity index is 484. The molecule has 0 amide bonds. The van der Waals surface area contributed by atoms with Crippen molar-refractivity contribution in [2.45, 2.75) is 20.3 Å². The van der Waals surface area contributed by atoms with E-state index in [-0.39, 0.29) is 0 Å². The SMILES string of the molecule is CCc1c(C)nn(C)c1-n1cc(Br)cn1. The van der Waals surface area contributed by atoms with Gasteiger partial charge in [-0.25, -0.2) is 4.68 Å². The normalized spacial score (nSPS) is 10.9. The van der Waals surface area contributed by atoms with Gasteiger partial charge in [-0.3, -0.25) is 4.68 Å². The Hall–Kier alpha value is -1.10. The van der Waals surface area contributed by atoms with Crippen LogP contribution in [0.25, 0.3) is 5.82 Å². The quantitative estimate of drug-likeness (QED) is 0.838. The third-order valence-electron chi connectivity index (χ3n) is 2.43. The molecule has 2 heterocycles. The van der Waals surface area contributed by atoms with Gasteiger partial charge in [-0.15, -0.1) is 0 Å². The highest BCUT2D eigenvalue weighted by Gasteiger charge is 2.13. The van der Waals surface area contributed by atoms with Crippen LogP contribution in [-0.2, 0) is 13.5 Å². The van der Waals surface area contributed by atoms with E-state index in [1.54, 1.807) is 6.20 Å². The van der Waals surface area contributed by atoms with Crippen LogP contribution in [0.1, 0.15) is 18.2 Å². The molecule has 80 valence electrons. The van der Waals surface area contributed by atoms with Crippen LogP contribution < -0.4 is 0 Å². The van der Waals surface area contributed by atoms with Gasteiger partial charge in [-0.2, -0.15) is 10.2 Å². The third kappa shape index (κ3) is 1.71. The van der Waals surface area contributed by atoms with Crippen LogP contribution in [0.5, 0.6) is 0 Å². The molecular weight excluding hydrogens is 256 g/mol. The minimum atomic E-state index is 0.965. The standard InChI is InChI=1S/C10H13BrN4/c1-4-9-7(2)13-14(3)10(9)15-6-8(11)5-12-15/h5-6H,4H2,1-3H3. The highest BCUT2D eigenvalue weighted by Crippen LogP contribution is 2.19. The van der Waals surface area contributed by atoms with Gasteiger partial charge in [0.1, 0.15) is 0 Å². The molecule has 2 rings (SSSR count). The summed E-state index contributed by atoms with van der Waals surface area (Å²) in [6.07, 6.45) is 4.68. The smallest absolute Gasteiger partial charge is 0.155 e. The van der Waals surface area contributed by atoms with Gasteiger partial charge in [0.05, 0.1) is 16.4 Å². The molecule has 0 spiro atoms. The first-order valence-electron chi connectivity index (χ1n) is 4.86. The molecule has 5 heteroatoms. The van der Waals surface area contributed by atoms with Crippen molar-refractivity contribution in [1.82, 2.24) is 19.6 Å². The highest BCUT2D eigenvalue weighted by molar-refractivity contribution is 9.10. The first kappa shape index (κ1) is 10.4. The van der Waals surface area contributed by atoms with Gasteiger partial charge >= 0.3 is 0 Å². The van der Waals surface area contributed by atoms with E-state index in [4.69, 9.17) is 0 Å².